The Morgan fingerprint density at radius 2 is 2.04 bits per heavy atom. The molecule has 6 nitrogen and oxygen atoms in total. The normalized spacial score (nSPS) is 17.0. The second-order valence-corrected chi connectivity index (χ2v) is 8.47. The van der Waals surface area contributed by atoms with E-state index in [1.165, 1.54) is 44.6 Å². The largest absolute Gasteiger partial charge is 0.310 e. The van der Waals surface area contributed by atoms with Crippen LogP contribution in [0.2, 0.25) is 0 Å². The van der Waals surface area contributed by atoms with E-state index in [9.17, 15) is 8.42 Å². The number of hydrogen-bond donors (Lipinski definition) is 2. The maximum atomic E-state index is 11.4. The van der Waals surface area contributed by atoms with Crippen molar-refractivity contribution in [2.45, 2.75) is 56.6 Å². The van der Waals surface area contributed by atoms with E-state index in [0.29, 0.717) is 6.04 Å². The molecule has 1 atom stereocenters. The number of rotatable bonds is 7. The number of nitrogens with two attached hydrogens (primary N) is 1. The Hall–Kier alpha value is -1.70. The van der Waals surface area contributed by atoms with Crippen LogP contribution in [0.5, 0.6) is 0 Å². The molecule has 3 rings (SSSR count). The standard InChI is InChI=1S/C18H26N4O2S/c1-14(10-15-6-2-3-7-15)20-11-16-8-4-5-9-17(16)22-12-18(21-13-22)25(19,23)24/h4-5,8-9,12-15,20H,2-3,6-7,10-11H2,1H3,(H2,19,23,24)/t14-/m0/s1. The topological polar surface area (TPSA) is 90.0 Å². The lowest BCUT2D eigenvalue weighted by Gasteiger charge is -2.19. The Labute approximate surface area is 149 Å². The van der Waals surface area contributed by atoms with Crippen LogP contribution in [0.1, 0.15) is 44.6 Å². The molecule has 1 heterocycles. The van der Waals surface area contributed by atoms with E-state index < -0.39 is 10.0 Å². The first kappa shape index (κ1) is 18.1. The van der Waals surface area contributed by atoms with Crippen molar-refractivity contribution < 1.29 is 8.42 Å². The maximum Gasteiger partial charge on any atom is 0.257 e. The minimum Gasteiger partial charge on any atom is -0.310 e. The number of imidazole rings is 1. The molecule has 1 aliphatic rings. The molecule has 3 N–H and O–H groups in total. The Morgan fingerprint density at radius 1 is 1.32 bits per heavy atom. The van der Waals surface area contributed by atoms with E-state index in [4.69, 9.17) is 5.14 Å². The van der Waals surface area contributed by atoms with Crippen molar-refractivity contribution in [3.8, 4) is 5.69 Å². The number of sulfonamides is 1. The predicted octanol–water partition coefficient (Wildman–Crippen LogP) is 2.58. The van der Waals surface area contributed by atoms with Gasteiger partial charge in [-0.05, 0) is 30.9 Å². The summed E-state index contributed by atoms with van der Waals surface area (Å²) in [5.74, 6) is 0.851. The van der Waals surface area contributed by atoms with Crippen molar-refractivity contribution >= 4 is 10.0 Å². The van der Waals surface area contributed by atoms with Gasteiger partial charge in [0.25, 0.3) is 10.0 Å². The van der Waals surface area contributed by atoms with Gasteiger partial charge in [-0.15, -0.1) is 0 Å². The zero-order chi connectivity index (χ0) is 17.9. The van der Waals surface area contributed by atoms with Crippen LogP contribution in [0.15, 0.2) is 41.8 Å². The Morgan fingerprint density at radius 3 is 2.72 bits per heavy atom. The number of nitrogens with zero attached hydrogens (tertiary/aromatic N) is 2. The van der Waals surface area contributed by atoms with Crippen LogP contribution in [-0.4, -0.2) is 24.0 Å². The van der Waals surface area contributed by atoms with Gasteiger partial charge in [-0.3, -0.25) is 0 Å². The predicted molar refractivity (Wildman–Crippen MR) is 97.8 cm³/mol. The zero-order valence-electron chi connectivity index (χ0n) is 14.6. The Balaban J connectivity index is 1.69. The molecule has 1 saturated carbocycles. The van der Waals surface area contributed by atoms with Gasteiger partial charge in [0.05, 0.1) is 5.69 Å². The van der Waals surface area contributed by atoms with Crippen molar-refractivity contribution in [3.05, 3.63) is 42.4 Å². The molecule has 1 aliphatic carbocycles. The van der Waals surface area contributed by atoms with Gasteiger partial charge in [-0.25, -0.2) is 18.5 Å². The Bertz CT molecular complexity index is 810. The number of aromatic nitrogens is 2. The fraction of sp³-hybridized carbons (Fsp3) is 0.500. The van der Waals surface area contributed by atoms with Crippen molar-refractivity contribution in [3.63, 3.8) is 0 Å². The second kappa shape index (κ2) is 7.68. The van der Waals surface area contributed by atoms with E-state index in [-0.39, 0.29) is 5.03 Å². The number of para-hydroxylation sites is 1. The zero-order valence-corrected chi connectivity index (χ0v) is 15.4. The third-order valence-electron chi connectivity index (χ3n) is 4.92. The van der Waals surface area contributed by atoms with Gasteiger partial charge in [0.1, 0.15) is 6.33 Å². The monoisotopic (exact) mass is 362 g/mol. The van der Waals surface area contributed by atoms with Crippen molar-refractivity contribution in [1.82, 2.24) is 14.9 Å². The quantitative estimate of drug-likeness (QED) is 0.792. The lowest BCUT2D eigenvalue weighted by Crippen LogP contribution is -2.27. The average molecular weight is 362 g/mol. The Kier molecular flexibility index (Phi) is 5.56. The number of benzene rings is 1. The lowest BCUT2D eigenvalue weighted by molar-refractivity contribution is 0.404. The third kappa shape index (κ3) is 4.68. The molecule has 0 amide bonds. The van der Waals surface area contributed by atoms with Crippen LogP contribution in [0, 0.1) is 5.92 Å². The van der Waals surface area contributed by atoms with Gasteiger partial charge in [0.15, 0.2) is 5.03 Å². The summed E-state index contributed by atoms with van der Waals surface area (Å²) in [5.41, 5.74) is 2.00. The molecule has 136 valence electrons. The van der Waals surface area contributed by atoms with E-state index in [2.05, 4.69) is 17.2 Å². The van der Waals surface area contributed by atoms with E-state index in [0.717, 1.165) is 23.7 Å². The highest BCUT2D eigenvalue weighted by Crippen LogP contribution is 2.28. The molecule has 7 heteroatoms. The molecule has 0 aliphatic heterocycles. The molecule has 0 saturated heterocycles. The fourth-order valence-electron chi connectivity index (χ4n) is 3.61. The first-order chi connectivity index (χ1) is 11.9. The molecule has 25 heavy (non-hydrogen) atoms. The first-order valence-electron chi connectivity index (χ1n) is 8.82. The lowest BCUT2D eigenvalue weighted by atomic mass is 9.99. The second-order valence-electron chi connectivity index (χ2n) is 6.96. The minimum atomic E-state index is -3.79. The van der Waals surface area contributed by atoms with Crippen LogP contribution in [0.25, 0.3) is 5.69 Å². The van der Waals surface area contributed by atoms with Gasteiger partial charge in [0.2, 0.25) is 0 Å². The van der Waals surface area contributed by atoms with E-state index in [1.54, 1.807) is 4.57 Å². The molecular weight excluding hydrogens is 336 g/mol. The summed E-state index contributed by atoms with van der Waals surface area (Å²) in [6.45, 7) is 2.96. The summed E-state index contributed by atoms with van der Waals surface area (Å²) in [4.78, 5) is 3.90. The van der Waals surface area contributed by atoms with Gasteiger partial charge in [0, 0.05) is 18.8 Å². The average Bonchev–Trinajstić information content (AvgIpc) is 3.24. The molecule has 0 spiro atoms. The van der Waals surface area contributed by atoms with Crippen LogP contribution >= 0.6 is 0 Å². The summed E-state index contributed by atoms with van der Waals surface area (Å²) in [6, 6.07) is 8.37. The third-order valence-corrected chi connectivity index (χ3v) is 5.72. The van der Waals surface area contributed by atoms with Gasteiger partial charge in [-0.1, -0.05) is 43.9 Å². The molecule has 0 unspecified atom stereocenters. The highest BCUT2D eigenvalue weighted by molar-refractivity contribution is 7.89. The van der Waals surface area contributed by atoms with Crippen molar-refractivity contribution in [2.75, 3.05) is 0 Å². The summed E-state index contributed by atoms with van der Waals surface area (Å²) < 4.78 is 24.6. The number of hydrogen-bond acceptors (Lipinski definition) is 4. The van der Waals surface area contributed by atoms with Crippen LogP contribution < -0.4 is 10.5 Å². The SMILES string of the molecule is C[C@@H](CC1CCCC1)NCc1ccccc1-n1cnc(S(N)(=O)=O)c1. The summed E-state index contributed by atoms with van der Waals surface area (Å²) in [5, 5.41) is 8.62. The van der Waals surface area contributed by atoms with Crippen LogP contribution in [-0.2, 0) is 16.6 Å². The molecule has 1 aromatic carbocycles. The van der Waals surface area contributed by atoms with Gasteiger partial charge >= 0.3 is 0 Å². The number of primary sulfonamides is 1. The highest BCUT2D eigenvalue weighted by Gasteiger charge is 2.18. The van der Waals surface area contributed by atoms with Gasteiger partial charge in [-0.2, -0.15) is 0 Å². The van der Waals surface area contributed by atoms with Crippen LogP contribution in [0.4, 0.5) is 0 Å². The molecular formula is C18H26N4O2S. The smallest absolute Gasteiger partial charge is 0.257 e. The summed E-state index contributed by atoms with van der Waals surface area (Å²) >= 11 is 0. The number of nitrogens with one attached hydrogen (secondary N) is 1. The molecule has 1 aromatic heterocycles. The maximum absolute atomic E-state index is 11.4. The summed E-state index contributed by atoms with van der Waals surface area (Å²) in [6.07, 6.45) is 9.60. The van der Waals surface area contributed by atoms with Crippen molar-refractivity contribution in [1.29, 1.82) is 0 Å². The highest BCUT2D eigenvalue weighted by atomic mass is 32.2. The van der Waals surface area contributed by atoms with Crippen molar-refractivity contribution in [2.24, 2.45) is 11.1 Å². The fourth-order valence-corrected chi connectivity index (χ4v) is 4.06. The summed E-state index contributed by atoms with van der Waals surface area (Å²) in [7, 11) is -3.79. The van der Waals surface area contributed by atoms with Crippen LogP contribution in [0.3, 0.4) is 0 Å². The van der Waals surface area contributed by atoms with Gasteiger partial charge < -0.3 is 9.88 Å². The molecule has 0 bridgehead atoms. The first-order valence-corrected chi connectivity index (χ1v) is 10.4. The van der Waals surface area contributed by atoms with E-state index >= 15 is 0 Å². The molecule has 1 fully saturated rings. The molecule has 2 aromatic rings. The minimum absolute atomic E-state index is 0.120. The molecule has 0 radical (unpaired) electrons. The van der Waals surface area contributed by atoms with E-state index in [1.807, 2.05) is 24.3 Å².